The topological polar surface area (TPSA) is 78.6 Å². The third kappa shape index (κ3) is 4.67. The number of ether oxygens (including phenoxy) is 2. The zero-order valence-electron chi connectivity index (χ0n) is 22.2. The van der Waals surface area contributed by atoms with Crippen LogP contribution in [-0.4, -0.2) is 62.1 Å². The smallest absolute Gasteiger partial charge is 0.435 e. The molecule has 1 aliphatic heterocycles. The first-order chi connectivity index (χ1) is 17.6. The largest absolute Gasteiger partial charge is 0.442 e. The molecule has 1 saturated carbocycles. The normalized spacial score (nSPS) is 20.8. The summed E-state index contributed by atoms with van der Waals surface area (Å²) in [7, 11) is 0. The number of benzene rings is 1. The lowest BCUT2D eigenvalue weighted by atomic mass is 9.88. The van der Waals surface area contributed by atoms with Gasteiger partial charge in [0.1, 0.15) is 5.60 Å². The maximum atomic E-state index is 14.1. The minimum Gasteiger partial charge on any atom is -0.442 e. The van der Waals surface area contributed by atoms with Gasteiger partial charge in [-0.2, -0.15) is 9.78 Å². The zero-order chi connectivity index (χ0) is 25.9. The molecule has 3 heterocycles. The Kier molecular flexibility index (Phi) is 5.71. The van der Waals surface area contributed by atoms with Gasteiger partial charge in [-0.1, -0.05) is 13.0 Å². The quantitative estimate of drug-likeness (QED) is 0.498. The van der Waals surface area contributed by atoms with E-state index in [1.807, 2.05) is 32.9 Å². The van der Waals surface area contributed by atoms with E-state index in [4.69, 9.17) is 9.47 Å². The van der Waals surface area contributed by atoms with E-state index in [1.165, 1.54) is 4.68 Å². The maximum absolute atomic E-state index is 14.1. The zero-order valence-corrected chi connectivity index (χ0v) is 22.2. The highest BCUT2D eigenvalue weighted by Gasteiger charge is 2.40. The summed E-state index contributed by atoms with van der Waals surface area (Å²) in [6.45, 7) is 10.2. The summed E-state index contributed by atoms with van der Waals surface area (Å²) in [5.41, 5.74) is 3.40. The molecule has 2 aliphatic carbocycles. The average molecular weight is 505 g/mol. The van der Waals surface area contributed by atoms with E-state index in [2.05, 4.69) is 39.8 Å². The number of hydrogen-bond acceptors (Lipinski definition) is 5. The Hall–Kier alpha value is -3.13. The van der Waals surface area contributed by atoms with Gasteiger partial charge in [0.05, 0.1) is 18.9 Å². The van der Waals surface area contributed by atoms with Gasteiger partial charge in [-0.05, 0) is 76.6 Å². The lowest BCUT2D eigenvalue weighted by molar-refractivity contribution is -0.109. The first-order valence-electron chi connectivity index (χ1n) is 13.4. The molecule has 1 unspecified atom stereocenters. The molecule has 2 aromatic heterocycles. The Balaban J connectivity index is 1.24. The number of amides is 1. The van der Waals surface area contributed by atoms with Gasteiger partial charge < -0.3 is 18.9 Å². The van der Waals surface area contributed by atoms with Crippen LogP contribution in [0, 0.1) is 5.41 Å². The van der Waals surface area contributed by atoms with Gasteiger partial charge in [0.2, 0.25) is 0 Å². The number of aryl methyl sites for hydroxylation is 1. The second-order valence-corrected chi connectivity index (χ2v) is 12.4. The maximum Gasteiger partial charge on any atom is 0.435 e. The first-order valence-corrected chi connectivity index (χ1v) is 13.4. The Labute approximate surface area is 217 Å². The number of carbonyl (C=O) groups is 2. The monoisotopic (exact) mass is 504 g/mol. The van der Waals surface area contributed by atoms with Gasteiger partial charge in [-0.3, -0.25) is 4.79 Å². The number of carbonyl (C=O) groups excluding carboxylic acids is 2. The van der Waals surface area contributed by atoms with E-state index in [1.54, 1.807) is 6.20 Å². The van der Waals surface area contributed by atoms with Gasteiger partial charge in [0.25, 0.3) is 5.91 Å². The molecule has 0 bridgehead atoms. The van der Waals surface area contributed by atoms with Crippen LogP contribution in [0.2, 0.25) is 0 Å². The standard InChI is InChI=1S/C29H36N4O4/c1-28(2,3)37-27(35)32-15-19-14-21(10-11-24(19)30-32)33(20-8-9-20)26(34)23-6-5-7-25-22(23)12-13-31(25)16-29(4)17-36-18-29/h5-7,12-13,15,20-21H,8-11,14,16-18H2,1-4H3. The van der Waals surface area contributed by atoms with Crippen molar-refractivity contribution >= 4 is 22.9 Å². The van der Waals surface area contributed by atoms with Gasteiger partial charge in [0.15, 0.2) is 0 Å². The summed E-state index contributed by atoms with van der Waals surface area (Å²) in [5, 5.41) is 5.51. The van der Waals surface area contributed by atoms with E-state index < -0.39 is 11.7 Å². The lowest BCUT2D eigenvalue weighted by Gasteiger charge is -2.38. The van der Waals surface area contributed by atoms with Crippen LogP contribution in [0.3, 0.4) is 0 Å². The van der Waals surface area contributed by atoms with E-state index >= 15 is 0 Å². The molecule has 0 radical (unpaired) electrons. The van der Waals surface area contributed by atoms with Crippen LogP contribution < -0.4 is 0 Å². The summed E-state index contributed by atoms with van der Waals surface area (Å²) >= 11 is 0. The fourth-order valence-corrected chi connectivity index (χ4v) is 5.75. The lowest BCUT2D eigenvalue weighted by Crippen LogP contribution is -2.45. The molecule has 0 N–H and O–H groups in total. The van der Waals surface area contributed by atoms with Crippen LogP contribution in [0.15, 0.2) is 36.7 Å². The van der Waals surface area contributed by atoms with Crippen molar-refractivity contribution in [3.63, 3.8) is 0 Å². The highest BCUT2D eigenvalue weighted by molar-refractivity contribution is 6.07. The predicted molar refractivity (Wildman–Crippen MR) is 140 cm³/mol. The highest BCUT2D eigenvalue weighted by atomic mass is 16.6. The van der Waals surface area contributed by atoms with Crippen molar-refractivity contribution in [3.05, 3.63) is 53.5 Å². The molecular weight excluding hydrogens is 468 g/mol. The Morgan fingerprint density at radius 3 is 2.62 bits per heavy atom. The molecule has 196 valence electrons. The molecule has 8 nitrogen and oxygen atoms in total. The van der Waals surface area contributed by atoms with Crippen molar-refractivity contribution in [1.82, 2.24) is 19.2 Å². The number of fused-ring (bicyclic) bond motifs is 2. The van der Waals surface area contributed by atoms with Crippen LogP contribution >= 0.6 is 0 Å². The van der Waals surface area contributed by atoms with Crippen molar-refractivity contribution in [1.29, 1.82) is 0 Å². The van der Waals surface area contributed by atoms with Crippen LogP contribution in [0.5, 0.6) is 0 Å². The molecule has 0 spiro atoms. The first kappa shape index (κ1) is 24.2. The fraction of sp³-hybridized carbons (Fsp3) is 0.552. The summed E-state index contributed by atoms with van der Waals surface area (Å²) in [5.74, 6) is 0.108. The molecule has 1 saturated heterocycles. The second kappa shape index (κ2) is 8.72. The Bertz CT molecular complexity index is 1360. The number of nitrogens with zero attached hydrogens (tertiary/aromatic N) is 4. The van der Waals surface area contributed by atoms with E-state index in [0.717, 1.165) is 73.2 Å². The third-order valence-electron chi connectivity index (χ3n) is 7.69. The van der Waals surface area contributed by atoms with Crippen molar-refractivity contribution in [2.75, 3.05) is 13.2 Å². The van der Waals surface area contributed by atoms with E-state index in [9.17, 15) is 9.59 Å². The van der Waals surface area contributed by atoms with E-state index in [0.29, 0.717) is 6.42 Å². The molecule has 3 aromatic rings. The number of rotatable bonds is 5. The minimum atomic E-state index is -0.579. The number of hydrogen-bond donors (Lipinski definition) is 0. The molecule has 6 rings (SSSR count). The molecule has 1 atom stereocenters. The van der Waals surface area contributed by atoms with Gasteiger partial charge >= 0.3 is 6.09 Å². The van der Waals surface area contributed by atoms with Crippen LogP contribution in [0.4, 0.5) is 4.79 Å². The molecule has 3 aliphatic rings. The van der Waals surface area contributed by atoms with Crippen molar-refractivity contribution in [2.45, 2.75) is 84.0 Å². The Morgan fingerprint density at radius 2 is 1.95 bits per heavy atom. The summed E-state index contributed by atoms with van der Waals surface area (Å²) in [6.07, 6.45) is 7.80. The van der Waals surface area contributed by atoms with Crippen LogP contribution in [-0.2, 0) is 28.9 Å². The van der Waals surface area contributed by atoms with Crippen LogP contribution in [0.1, 0.15) is 68.6 Å². The van der Waals surface area contributed by atoms with Crippen molar-refractivity contribution in [3.8, 4) is 0 Å². The summed E-state index contributed by atoms with van der Waals surface area (Å²) in [6, 6.07) is 8.53. The average Bonchev–Trinajstić information content (AvgIpc) is 3.42. The molecule has 1 amide bonds. The summed E-state index contributed by atoms with van der Waals surface area (Å²) < 4.78 is 14.5. The second-order valence-electron chi connectivity index (χ2n) is 12.4. The molecule has 37 heavy (non-hydrogen) atoms. The van der Waals surface area contributed by atoms with Crippen molar-refractivity contribution < 1.29 is 19.1 Å². The molecule has 8 heteroatoms. The SMILES string of the molecule is CC1(Cn2ccc3c(C(=O)N(C4CC4)C4CCc5nn(C(=O)OC(C)(C)C)cc5C4)cccc32)COC1. The van der Waals surface area contributed by atoms with Gasteiger partial charge in [0, 0.05) is 52.9 Å². The van der Waals surface area contributed by atoms with Crippen molar-refractivity contribution in [2.24, 2.45) is 5.41 Å². The highest BCUT2D eigenvalue weighted by Crippen LogP contribution is 2.36. The number of aromatic nitrogens is 3. The van der Waals surface area contributed by atoms with E-state index in [-0.39, 0.29) is 23.4 Å². The molecule has 1 aromatic carbocycles. The third-order valence-corrected chi connectivity index (χ3v) is 7.69. The predicted octanol–water partition coefficient (Wildman–Crippen LogP) is 4.82. The van der Waals surface area contributed by atoms with Gasteiger partial charge in [-0.25, -0.2) is 4.79 Å². The molecular formula is C29H36N4O4. The molecule has 2 fully saturated rings. The van der Waals surface area contributed by atoms with Gasteiger partial charge in [-0.15, -0.1) is 0 Å². The summed E-state index contributed by atoms with van der Waals surface area (Å²) in [4.78, 5) is 28.8. The Morgan fingerprint density at radius 1 is 1.16 bits per heavy atom. The minimum absolute atomic E-state index is 0.0900. The van der Waals surface area contributed by atoms with Crippen LogP contribution in [0.25, 0.3) is 10.9 Å². The fourth-order valence-electron chi connectivity index (χ4n) is 5.75.